The molecule has 1 saturated carbocycles. The number of nitrogens with zero attached hydrogens (tertiary/aromatic N) is 5. The number of rotatable bonds is 4. The maximum atomic E-state index is 6.09. The zero-order valence-corrected chi connectivity index (χ0v) is 14.3. The maximum Gasteiger partial charge on any atom is 0.228 e. The third-order valence-corrected chi connectivity index (χ3v) is 4.78. The molecule has 2 aromatic rings. The van der Waals surface area contributed by atoms with Crippen LogP contribution < -0.4 is 10.6 Å². The van der Waals surface area contributed by atoms with E-state index < -0.39 is 0 Å². The summed E-state index contributed by atoms with van der Waals surface area (Å²) in [6.07, 6.45) is 10.1. The van der Waals surface area contributed by atoms with E-state index in [9.17, 15) is 0 Å². The first kappa shape index (κ1) is 15.8. The number of imidazole rings is 1. The molecule has 1 aliphatic carbocycles. The predicted molar refractivity (Wildman–Crippen MR) is 92.2 cm³/mol. The molecule has 1 fully saturated rings. The molecule has 23 heavy (non-hydrogen) atoms. The van der Waals surface area contributed by atoms with Gasteiger partial charge in [-0.15, -0.1) is 0 Å². The molecule has 2 heterocycles. The maximum absolute atomic E-state index is 6.09. The molecule has 0 spiro atoms. The average Bonchev–Trinajstić information content (AvgIpc) is 2.96. The van der Waals surface area contributed by atoms with Crippen LogP contribution in [0.2, 0.25) is 0 Å². The molecule has 1 aliphatic rings. The molecule has 6 heteroatoms. The van der Waals surface area contributed by atoms with Crippen molar-refractivity contribution in [2.24, 2.45) is 7.05 Å². The van der Waals surface area contributed by atoms with Crippen LogP contribution >= 0.6 is 0 Å². The van der Waals surface area contributed by atoms with Gasteiger partial charge in [-0.25, -0.2) is 9.97 Å². The summed E-state index contributed by atoms with van der Waals surface area (Å²) in [4.78, 5) is 16.1. The van der Waals surface area contributed by atoms with Crippen LogP contribution in [0.4, 0.5) is 11.8 Å². The van der Waals surface area contributed by atoms with E-state index >= 15 is 0 Å². The van der Waals surface area contributed by atoms with Gasteiger partial charge in [0.05, 0.1) is 18.6 Å². The highest BCUT2D eigenvalue weighted by atomic mass is 15.3. The molecule has 0 aromatic carbocycles. The molecule has 0 radical (unpaired) electrons. The highest BCUT2D eigenvalue weighted by molar-refractivity contribution is 5.47. The third kappa shape index (κ3) is 3.46. The van der Waals surface area contributed by atoms with Crippen molar-refractivity contribution < 1.29 is 0 Å². The van der Waals surface area contributed by atoms with Gasteiger partial charge in [0.1, 0.15) is 5.82 Å². The molecular formula is C17H26N6. The van der Waals surface area contributed by atoms with E-state index in [0.29, 0.717) is 11.9 Å². The molecule has 0 aliphatic heterocycles. The van der Waals surface area contributed by atoms with Gasteiger partial charge in [-0.3, -0.25) is 0 Å². The van der Waals surface area contributed by atoms with Crippen molar-refractivity contribution in [2.75, 3.05) is 10.6 Å². The highest BCUT2D eigenvalue weighted by Gasteiger charge is 2.25. The molecule has 6 nitrogen and oxygen atoms in total. The quantitative estimate of drug-likeness (QED) is 0.939. The third-order valence-electron chi connectivity index (χ3n) is 4.78. The van der Waals surface area contributed by atoms with Crippen molar-refractivity contribution in [3.63, 3.8) is 0 Å². The number of hydrogen-bond acceptors (Lipinski definition) is 5. The number of aromatic nitrogens is 4. The van der Waals surface area contributed by atoms with Crippen molar-refractivity contribution in [2.45, 2.75) is 58.5 Å². The Hall–Kier alpha value is -2.11. The van der Waals surface area contributed by atoms with Gasteiger partial charge in [0.15, 0.2) is 0 Å². The first-order valence-corrected chi connectivity index (χ1v) is 8.39. The summed E-state index contributed by atoms with van der Waals surface area (Å²) >= 11 is 0. The number of nitrogen functional groups attached to an aromatic ring is 1. The van der Waals surface area contributed by atoms with Gasteiger partial charge in [-0.05, 0) is 26.7 Å². The Kier molecular flexibility index (Phi) is 4.50. The molecule has 0 unspecified atom stereocenters. The summed E-state index contributed by atoms with van der Waals surface area (Å²) in [7, 11) is 1.99. The number of aryl methyl sites for hydroxylation is 2. The van der Waals surface area contributed by atoms with E-state index in [0.717, 1.165) is 29.4 Å². The van der Waals surface area contributed by atoms with Crippen molar-refractivity contribution in [1.82, 2.24) is 19.5 Å². The number of anilines is 2. The fourth-order valence-electron chi connectivity index (χ4n) is 3.24. The largest absolute Gasteiger partial charge is 0.383 e. The van der Waals surface area contributed by atoms with E-state index in [1.54, 1.807) is 0 Å². The van der Waals surface area contributed by atoms with Crippen LogP contribution in [-0.4, -0.2) is 25.6 Å². The van der Waals surface area contributed by atoms with Crippen LogP contribution in [0.15, 0.2) is 12.5 Å². The topological polar surface area (TPSA) is 72.9 Å². The van der Waals surface area contributed by atoms with E-state index in [1.807, 2.05) is 31.8 Å². The average molecular weight is 314 g/mol. The second kappa shape index (κ2) is 6.56. The van der Waals surface area contributed by atoms with Crippen LogP contribution in [0.3, 0.4) is 0 Å². The van der Waals surface area contributed by atoms with Gasteiger partial charge in [-0.1, -0.05) is 19.3 Å². The second-order valence-electron chi connectivity index (χ2n) is 6.57. The van der Waals surface area contributed by atoms with E-state index in [-0.39, 0.29) is 0 Å². The fourth-order valence-corrected chi connectivity index (χ4v) is 3.24. The predicted octanol–water partition coefficient (Wildman–Crippen LogP) is 2.75. The van der Waals surface area contributed by atoms with Gasteiger partial charge in [0.25, 0.3) is 0 Å². The number of nitrogens with two attached hydrogens (primary N) is 1. The molecule has 0 bridgehead atoms. The lowest BCUT2D eigenvalue weighted by Gasteiger charge is -2.34. The van der Waals surface area contributed by atoms with Crippen molar-refractivity contribution in [1.29, 1.82) is 0 Å². The summed E-state index contributed by atoms with van der Waals surface area (Å²) in [6, 6.07) is 0.465. The summed E-state index contributed by atoms with van der Waals surface area (Å²) in [6.45, 7) is 4.70. The fraction of sp³-hybridized carbons (Fsp3) is 0.588. The monoisotopic (exact) mass is 314 g/mol. The van der Waals surface area contributed by atoms with Gasteiger partial charge in [-0.2, -0.15) is 4.98 Å². The van der Waals surface area contributed by atoms with Gasteiger partial charge >= 0.3 is 0 Å². The van der Waals surface area contributed by atoms with E-state index in [2.05, 4.69) is 21.1 Å². The molecule has 3 rings (SSSR count). The molecule has 0 saturated heterocycles. The summed E-state index contributed by atoms with van der Waals surface area (Å²) < 4.78 is 1.98. The Labute approximate surface area is 137 Å². The lowest BCUT2D eigenvalue weighted by atomic mass is 9.94. The molecule has 124 valence electrons. The summed E-state index contributed by atoms with van der Waals surface area (Å²) in [5, 5.41) is 0. The van der Waals surface area contributed by atoms with Gasteiger partial charge in [0, 0.05) is 30.5 Å². The van der Waals surface area contributed by atoms with Crippen molar-refractivity contribution in [3.05, 3.63) is 29.5 Å². The van der Waals surface area contributed by atoms with Gasteiger partial charge in [0.2, 0.25) is 5.95 Å². The SMILES string of the molecule is Cc1nc(N(Cc2cn(C)cn2)C2CCCCC2)nc(N)c1C. The molecule has 2 N–H and O–H groups in total. The minimum Gasteiger partial charge on any atom is -0.383 e. The lowest BCUT2D eigenvalue weighted by Crippen LogP contribution is -2.38. The Balaban J connectivity index is 1.93. The first-order chi connectivity index (χ1) is 11.0. The standard InChI is InChI=1S/C17H26N6/c1-12-13(2)20-17(21-16(12)18)23(15-7-5-4-6-8-15)10-14-9-22(3)11-19-14/h9,11,15H,4-8,10H2,1-3H3,(H2,18,20,21). The van der Waals surface area contributed by atoms with Crippen LogP contribution in [0.1, 0.15) is 49.1 Å². The molecular weight excluding hydrogens is 288 g/mol. The summed E-state index contributed by atoms with van der Waals surface area (Å²) in [5.41, 5.74) is 9.05. The van der Waals surface area contributed by atoms with E-state index in [4.69, 9.17) is 10.7 Å². The van der Waals surface area contributed by atoms with Crippen LogP contribution in [0.5, 0.6) is 0 Å². The minimum absolute atomic E-state index is 0.465. The smallest absolute Gasteiger partial charge is 0.228 e. The molecule has 2 aromatic heterocycles. The lowest BCUT2D eigenvalue weighted by molar-refractivity contribution is 0.408. The molecule has 0 amide bonds. The Morgan fingerprint density at radius 1 is 1.22 bits per heavy atom. The highest BCUT2D eigenvalue weighted by Crippen LogP contribution is 2.28. The van der Waals surface area contributed by atoms with Crippen molar-refractivity contribution in [3.8, 4) is 0 Å². The van der Waals surface area contributed by atoms with Gasteiger partial charge < -0.3 is 15.2 Å². The van der Waals surface area contributed by atoms with E-state index in [1.165, 1.54) is 32.1 Å². The minimum atomic E-state index is 0.465. The Morgan fingerprint density at radius 2 is 1.96 bits per heavy atom. The molecule has 0 atom stereocenters. The second-order valence-corrected chi connectivity index (χ2v) is 6.57. The zero-order chi connectivity index (χ0) is 16.4. The zero-order valence-electron chi connectivity index (χ0n) is 14.3. The van der Waals surface area contributed by atoms with Crippen LogP contribution in [-0.2, 0) is 13.6 Å². The Morgan fingerprint density at radius 3 is 2.57 bits per heavy atom. The first-order valence-electron chi connectivity index (χ1n) is 8.39. The number of hydrogen-bond donors (Lipinski definition) is 1. The normalized spacial score (nSPS) is 15.8. The van der Waals surface area contributed by atoms with Crippen LogP contribution in [0, 0.1) is 13.8 Å². The van der Waals surface area contributed by atoms with Crippen molar-refractivity contribution >= 4 is 11.8 Å². The summed E-state index contributed by atoms with van der Waals surface area (Å²) in [5.74, 6) is 1.32. The van der Waals surface area contributed by atoms with Crippen LogP contribution in [0.25, 0.3) is 0 Å². The Bertz CT molecular complexity index is 648.